The molecule has 1 N–H and O–H groups in total. The van der Waals surface area contributed by atoms with Crippen molar-refractivity contribution in [3.05, 3.63) is 63.5 Å². The van der Waals surface area contributed by atoms with Gasteiger partial charge in [0, 0.05) is 21.9 Å². The van der Waals surface area contributed by atoms with Gasteiger partial charge in [-0.05, 0) is 51.7 Å². The summed E-state index contributed by atoms with van der Waals surface area (Å²) in [5, 5.41) is 5.56. The van der Waals surface area contributed by atoms with Crippen molar-refractivity contribution < 1.29 is 23.8 Å². The normalized spacial score (nSPS) is 15.4. The van der Waals surface area contributed by atoms with E-state index in [1.54, 1.807) is 26.0 Å². The molecule has 0 radical (unpaired) electrons. The third kappa shape index (κ3) is 5.95. The van der Waals surface area contributed by atoms with E-state index in [-0.39, 0.29) is 30.1 Å². The monoisotopic (exact) mass is 623 g/mol. The Hall–Kier alpha value is -3.62. The molecule has 1 aliphatic heterocycles. The Morgan fingerprint density at radius 2 is 1.49 bits per heavy atom. The number of benzene rings is 3. The molecule has 43 heavy (non-hydrogen) atoms. The lowest BCUT2D eigenvalue weighted by Gasteiger charge is -2.37. The molecule has 1 unspecified atom stereocenters. The molecule has 1 atom stereocenters. The Kier molecular flexibility index (Phi) is 8.22. The lowest BCUT2D eigenvalue weighted by Crippen LogP contribution is -2.45. The Morgan fingerprint density at radius 3 is 2.07 bits per heavy atom. The first-order valence-electron chi connectivity index (χ1n) is 14.3. The molecule has 1 aromatic heterocycles. The van der Waals surface area contributed by atoms with E-state index in [0.717, 1.165) is 11.8 Å². The summed E-state index contributed by atoms with van der Waals surface area (Å²) < 4.78 is 17.7. The molecular formula is C33H35Cl2N3O5. The highest BCUT2D eigenvalue weighted by molar-refractivity contribution is 6.42. The van der Waals surface area contributed by atoms with Crippen LogP contribution in [0.2, 0.25) is 10.0 Å². The number of hydrogen-bond donors (Lipinski definition) is 1. The fourth-order valence-corrected chi connectivity index (χ4v) is 6.34. The fraction of sp³-hybridized carbons (Fsp3) is 0.394. The van der Waals surface area contributed by atoms with Crippen molar-refractivity contribution in [3.8, 4) is 5.75 Å². The van der Waals surface area contributed by atoms with E-state index < -0.39 is 23.4 Å². The van der Waals surface area contributed by atoms with Gasteiger partial charge in [-0.25, -0.2) is 14.8 Å². The van der Waals surface area contributed by atoms with Crippen molar-refractivity contribution in [1.29, 1.82) is 0 Å². The zero-order chi connectivity index (χ0) is 31.3. The van der Waals surface area contributed by atoms with E-state index in [1.807, 2.05) is 38.1 Å². The number of nitrogens with one attached hydrogen (secondary N) is 1. The van der Waals surface area contributed by atoms with Crippen molar-refractivity contribution in [2.75, 3.05) is 13.2 Å². The number of halogens is 2. The van der Waals surface area contributed by atoms with Gasteiger partial charge in [0.2, 0.25) is 5.88 Å². The second-order valence-electron chi connectivity index (χ2n) is 12.5. The molecule has 0 fully saturated rings. The average Bonchev–Trinajstić information content (AvgIpc) is 2.91. The first-order chi connectivity index (χ1) is 20.2. The van der Waals surface area contributed by atoms with E-state index in [9.17, 15) is 9.59 Å². The first kappa shape index (κ1) is 30.8. The van der Waals surface area contributed by atoms with E-state index in [4.69, 9.17) is 47.4 Å². The average molecular weight is 625 g/mol. The van der Waals surface area contributed by atoms with Crippen molar-refractivity contribution in [3.63, 3.8) is 0 Å². The summed E-state index contributed by atoms with van der Waals surface area (Å²) in [6.07, 6.45) is 0.735. The SMILES string of the molecule is CCOC(=O)C1=C(NC(C)(C)CC(C)(C)C)Oc2c(c3nc4cc(Cl)c(Cl)cc4nc3c3ccccc23)C1C(=O)OCC. The van der Waals surface area contributed by atoms with Gasteiger partial charge in [0.15, 0.2) is 0 Å². The number of rotatable bonds is 7. The molecule has 2 heterocycles. The van der Waals surface area contributed by atoms with Crippen LogP contribution in [-0.2, 0) is 19.1 Å². The van der Waals surface area contributed by atoms with Crippen molar-refractivity contribution in [1.82, 2.24) is 15.3 Å². The van der Waals surface area contributed by atoms with Crippen LogP contribution < -0.4 is 10.1 Å². The molecule has 3 aromatic carbocycles. The summed E-state index contributed by atoms with van der Waals surface area (Å²) in [6.45, 7) is 14.1. The van der Waals surface area contributed by atoms with E-state index in [0.29, 0.717) is 48.8 Å². The Labute approximate surface area is 260 Å². The van der Waals surface area contributed by atoms with Crippen LogP contribution in [0.3, 0.4) is 0 Å². The summed E-state index contributed by atoms with van der Waals surface area (Å²) in [7, 11) is 0. The summed E-state index contributed by atoms with van der Waals surface area (Å²) in [5.74, 6) is -2.00. The Morgan fingerprint density at radius 1 is 0.907 bits per heavy atom. The zero-order valence-corrected chi connectivity index (χ0v) is 26.9. The van der Waals surface area contributed by atoms with Gasteiger partial charge >= 0.3 is 11.9 Å². The van der Waals surface area contributed by atoms with Crippen LogP contribution in [-0.4, -0.2) is 40.7 Å². The number of carbonyl (C=O) groups is 2. The third-order valence-electron chi connectivity index (χ3n) is 7.10. The minimum atomic E-state index is -1.21. The van der Waals surface area contributed by atoms with Gasteiger partial charge in [0.25, 0.3) is 0 Å². The number of hydrogen-bond acceptors (Lipinski definition) is 8. The number of esters is 2. The van der Waals surface area contributed by atoms with Gasteiger partial charge in [-0.3, -0.25) is 4.79 Å². The Balaban J connectivity index is 1.89. The van der Waals surface area contributed by atoms with Crippen LogP contribution in [0.1, 0.15) is 66.4 Å². The summed E-state index contributed by atoms with van der Waals surface area (Å²) in [5.41, 5.74) is 1.72. The van der Waals surface area contributed by atoms with Gasteiger partial charge in [0.1, 0.15) is 17.2 Å². The minimum Gasteiger partial charge on any atom is -0.465 e. The van der Waals surface area contributed by atoms with Gasteiger partial charge in [-0.2, -0.15) is 0 Å². The summed E-state index contributed by atoms with van der Waals surface area (Å²) in [6, 6.07) is 10.9. The lowest BCUT2D eigenvalue weighted by atomic mass is 9.81. The highest BCUT2D eigenvalue weighted by Crippen LogP contribution is 2.48. The molecular weight excluding hydrogens is 589 g/mol. The first-order valence-corrected chi connectivity index (χ1v) is 15.0. The zero-order valence-electron chi connectivity index (χ0n) is 25.4. The quantitative estimate of drug-likeness (QED) is 0.126. The lowest BCUT2D eigenvalue weighted by molar-refractivity contribution is -0.148. The van der Waals surface area contributed by atoms with Crippen LogP contribution in [0.5, 0.6) is 5.75 Å². The number of ether oxygens (including phenoxy) is 3. The molecule has 0 saturated carbocycles. The molecule has 0 aliphatic carbocycles. The van der Waals surface area contributed by atoms with Gasteiger partial charge < -0.3 is 19.5 Å². The molecule has 0 spiro atoms. The number of carbonyl (C=O) groups excluding carboxylic acids is 2. The standard InChI is InChI=1S/C33H35Cl2N3O5/c1-8-41-30(39)23-24-27-26(36-21-14-19(34)20(35)15-22(21)37-27)17-12-10-11-13-18(17)28(24)43-29(25(23)31(40)42-9-2)38-33(6,7)16-32(3,4)5/h10-15,23,38H,8-9,16H2,1-7H3. The number of aromatic nitrogens is 2. The molecule has 1 aliphatic rings. The highest BCUT2D eigenvalue weighted by atomic mass is 35.5. The Bertz CT molecular complexity index is 1810. The topological polar surface area (TPSA) is 99.6 Å². The van der Waals surface area contributed by atoms with Crippen molar-refractivity contribution in [2.45, 2.75) is 66.3 Å². The molecule has 0 bridgehead atoms. The van der Waals surface area contributed by atoms with Crippen LogP contribution in [0.15, 0.2) is 47.9 Å². The fourth-order valence-electron chi connectivity index (χ4n) is 6.03. The molecule has 0 saturated heterocycles. The van der Waals surface area contributed by atoms with Crippen molar-refractivity contribution in [2.24, 2.45) is 5.41 Å². The largest absolute Gasteiger partial charge is 0.465 e. The summed E-state index contributed by atoms with van der Waals surface area (Å²) in [4.78, 5) is 37.5. The van der Waals surface area contributed by atoms with Gasteiger partial charge in [-0.15, -0.1) is 0 Å². The highest BCUT2D eigenvalue weighted by Gasteiger charge is 2.45. The van der Waals surface area contributed by atoms with Gasteiger partial charge in [-0.1, -0.05) is 68.2 Å². The van der Waals surface area contributed by atoms with E-state index in [2.05, 4.69) is 26.1 Å². The minimum absolute atomic E-state index is 0.0161. The smallest absolute Gasteiger partial charge is 0.340 e. The third-order valence-corrected chi connectivity index (χ3v) is 7.82. The molecule has 0 amide bonds. The van der Waals surface area contributed by atoms with Crippen LogP contribution in [0, 0.1) is 5.41 Å². The predicted molar refractivity (Wildman–Crippen MR) is 170 cm³/mol. The summed E-state index contributed by atoms with van der Waals surface area (Å²) >= 11 is 12.7. The number of nitrogens with zero attached hydrogens (tertiary/aromatic N) is 2. The van der Waals surface area contributed by atoms with Crippen molar-refractivity contribution >= 4 is 68.0 Å². The number of fused-ring (bicyclic) bond motifs is 7. The van der Waals surface area contributed by atoms with E-state index in [1.165, 1.54) is 0 Å². The molecule has 5 rings (SSSR count). The van der Waals surface area contributed by atoms with E-state index >= 15 is 0 Å². The molecule has 8 nitrogen and oxygen atoms in total. The predicted octanol–water partition coefficient (Wildman–Crippen LogP) is 7.86. The maximum atomic E-state index is 13.9. The second kappa shape index (κ2) is 11.5. The maximum absolute atomic E-state index is 13.9. The van der Waals surface area contributed by atoms with Crippen LogP contribution in [0.4, 0.5) is 0 Å². The second-order valence-corrected chi connectivity index (χ2v) is 13.3. The van der Waals surface area contributed by atoms with Crippen LogP contribution >= 0.6 is 23.2 Å². The van der Waals surface area contributed by atoms with Crippen LogP contribution in [0.25, 0.3) is 32.8 Å². The molecule has 4 aromatic rings. The molecule has 10 heteroatoms. The van der Waals surface area contributed by atoms with Gasteiger partial charge in [0.05, 0.1) is 45.3 Å². The maximum Gasteiger partial charge on any atom is 0.340 e. The molecule has 226 valence electrons.